The van der Waals surface area contributed by atoms with Crippen molar-refractivity contribution in [2.45, 2.75) is 58.8 Å². The lowest BCUT2D eigenvalue weighted by Gasteiger charge is -2.41. The molecule has 0 unspecified atom stereocenters. The van der Waals surface area contributed by atoms with E-state index >= 15 is 0 Å². The van der Waals surface area contributed by atoms with Gasteiger partial charge < -0.3 is 0 Å². The van der Waals surface area contributed by atoms with Gasteiger partial charge in [0.2, 0.25) is 0 Å². The van der Waals surface area contributed by atoms with E-state index in [0.717, 1.165) is 19.3 Å². The molecule has 0 aromatic carbocycles. The normalized spacial score (nSPS) is 41.2. The molecule has 0 heterocycles. The first-order chi connectivity index (χ1) is 8.02. The number of carbonyl (C=O) groups is 1. The van der Waals surface area contributed by atoms with E-state index in [9.17, 15) is 4.79 Å². The lowest BCUT2D eigenvalue weighted by atomic mass is 9.63. The quantitative estimate of drug-likeness (QED) is 0.570. The summed E-state index contributed by atoms with van der Waals surface area (Å²) in [5.41, 5.74) is 3.25. The molecule has 92 valence electrons. The van der Waals surface area contributed by atoms with Crippen molar-refractivity contribution in [3.8, 4) is 0 Å². The van der Waals surface area contributed by atoms with Crippen molar-refractivity contribution in [2.75, 3.05) is 0 Å². The molecule has 0 spiro atoms. The van der Waals surface area contributed by atoms with Crippen LogP contribution in [0.3, 0.4) is 0 Å². The van der Waals surface area contributed by atoms with Crippen molar-refractivity contribution in [3.05, 3.63) is 23.3 Å². The van der Waals surface area contributed by atoms with Crippen LogP contribution in [0.25, 0.3) is 0 Å². The molecule has 1 heteroatoms. The predicted molar refractivity (Wildman–Crippen MR) is 69.7 cm³/mol. The third-order valence-electron chi connectivity index (χ3n) is 5.22. The molecule has 1 fully saturated rings. The molecule has 3 aliphatic carbocycles. The minimum Gasteiger partial charge on any atom is -0.294 e. The van der Waals surface area contributed by atoms with E-state index in [2.05, 4.69) is 19.9 Å². The van der Waals surface area contributed by atoms with Crippen LogP contribution in [0.2, 0.25) is 0 Å². The Balaban J connectivity index is 2.00. The molecular formula is C16H22O. The van der Waals surface area contributed by atoms with E-state index in [0.29, 0.717) is 11.2 Å². The van der Waals surface area contributed by atoms with Crippen LogP contribution < -0.4 is 0 Å². The first-order valence-electron chi connectivity index (χ1n) is 6.95. The van der Waals surface area contributed by atoms with Gasteiger partial charge in [0.05, 0.1) is 0 Å². The third-order valence-corrected chi connectivity index (χ3v) is 5.22. The van der Waals surface area contributed by atoms with Gasteiger partial charge in [0, 0.05) is 5.41 Å². The Kier molecular flexibility index (Phi) is 2.36. The second-order valence-corrected chi connectivity index (χ2v) is 6.76. The molecule has 2 atom stereocenters. The molecule has 0 aromatic rings. The van der Waals surface area contributed by atoms with Gasteiger partial charge in [-0.3, -0.25) is 4.79 Å². The van der Waals surface area contributed by atoms with Gasteiger partial charge in [-0.15, -0.1) is 0 Å². The first-order valence-corrected chi connectivity index (χ1v) is 6.95. The highest BCUT2D eigenvalue weighted by Gasteiger charge is 2.44. The standard InChI is InChI=1S/C16H22O/c1-15-7-4-3-5-13(15)11-16(2)10-12(6-8-15)9-14(16)17/h5,9H,3-4,6-8,10-11H2,1-2H3/t15-,16+/m0/s1. The summed E-state index contributed by atoms with van der Waals surface area (Å²) < 4.78 is 0. The summed E-state index contributed by atoms with van der Waals surface area (Å²) in [6, 6.07) is 0. The average Bonchev–Trinajstić information content (AvgIpc) is 2.56. The Hall–Kier alpha value is -0.850. The van der Waals surface area contributed by atoms with E-state index in [-0.39, 0.29) is 5.41 Å². The van der Waals surface area contributed by atoms with Crippen molar-refractivity contribution < 1.29 is 4.79 Å². The molecule has 0 aromatic heterocycles. The van der Waals surface area contributed by atoms with Crippen LogP contribution in [-0.4, -0.2) is 5.78 Å². The van der Waals surface area contributed by atoms with Gasteiger partial charge in [-0.05, 0) is 56.4 Å². The monoisotopic (exact) mass is 230 g/mol. The fourth-order valence-corrected chi connectivity index (χ4v) is 3.91. The molecule has 3 aliphatic rings. The van der Waals surface area contributed by atoms with Crippen molar-refractivity contribution in [3.63, 3.8) is 0 Å². The summed E-state index contributed by atoms with van der Waals surface area (Å²) in [6.07, 6.45) is 12.6. The second-order valence-electron chi connectivity index (χ2n) is 6.76. The number of hydrogen-bond acceptors (Lipinski definition) is 1. The minimum absolute atomic E-state index is 0.111. The van der Waals surface area contributed by atoms with E-state index in [4.69, 9.17) is 0 Å². The minimum atomic E-state index is -0.111. The van der Waals surface area contributed by atoms with Crippen LogP contribution in [0.1, 0.15) is 58.8 Å². The van der Waals surface area contributed by atoms with Gasteiger partial charge in [0.15, 0.2) is 5.78 Å². The van der Waals surface area contributed by atoms with Gasteiger partial charge in [-0.25, -0.2) is 0 Å². The largest absolute Gasteiger partial charge is 0.294 e. The topological polar surface area (TPSA) is 17.1 Å². The Morgan fingerprint density at radius 1 is 1.12 bits per heavy atom. The van der Waals surface area contributed by atoms with Gasteiger partial charge in [0.1, 0.15) is 0 Å². The molecule has 1 nitrogen and oxygen atoms in total. The smallest absolute Gasteiger partial charge is 0.162 e. The number of carbonyl (C=O) groups excluding carboxylic acids is 1. The van der Waals surface area contributed by atoms with Crippen LogP contribution in [0.5, 0.6) is 0 Å². The Bertz CT molecular complexity index is 429. The van der Waals surface area contributed by atoms with Gasteiger partial charge in [-0.2, -0.15) is 0 Å². The van der Waals surface area contributed by atoms with E-state index in [1.807, 2.05) is 6.08 Å². The lowest BCUT2D eigenvalue weighted by molar-refractivity contribution is -0.122. The fourth-order valence-electron chi connectivity index (χ4n) is 3.91. The van der Waals surface area contributed by atoms with E-state index in [1.165, 1.54) is 31.3 Å². The van der Waals surface area contributed by atoms with Crippen molar-refractivity contribution in [2.24, 2.45) is 10.8 Å². The van der Waals surface area contributed by atoms with Crippen LogP contribution in [0.4, 0.5) is 0 Å². The van der Waals surface area contributed by atoms with Crippen LogP contribution in [0.15, 0.2) is 23.3 Å². The molecule has 0 aliphatic heterocycles. The molecule has 17 heavy (non-hydrogen) atoms. The molecule has 1 saturated carbocycles. The molecule has 0 saturated heterocycles. The number of rotatable bonds is 0. The highest BCUT2D eigenvalue weighted by Crippen LogP contribution is 2.52. The fraction of sp³-hybridized carbons (Fsp3) is 0.688. The summed E-state index contributed by atoms with van der Waals surface area (Å²) in [4.78, 5) is 12.2. The molecular weight excluding hydrogens is 208 g/mol. The zero-order valence-corrected chi connectivity index (χ0v) is 11.0. The Morgan fingerprint density at radius 3 is 2.76 bits per heavy atom. The molecule has 0 N–H and O–H groups in total. The summed E-state index contributed by atoms with van der Waals surface area (Å²) in [5, 5.41) is 0. The van der Waals surface area contributed by atoms with Gasteiger partial charge in [-0.1, -0.05) is 31.1 Å². The first kappa shape index (κ1) is 11.3. The maximum absolute atomic E-state index is 12.2. The maximum Gasteiger partial charge on any atom is 0.162 e. The average molecular weight is 230 g/mol. The van der Waals surface area contributed by atoms with Crippen molar-refractivity contribution in [1.82, 2.24) is 0 Å². The summed E-state index contributed by atoms with van der Waals surface area (Å²) in [6.45, 7) is 4.58. The maximum atomic E-state index is 12.2. The third kappa shape index (κ3) is 1.71. The van der Waals surface area contributed by atoms with Crippen molar-refractivity contribution >= 4 is 5.78 Å². The number of ketones is 1. The van der Waals surface area contributed by atoms with Gasteiger partial charge in [0.25, 0.3) is 0 Å². The number of hydrogen-bond donors (Lipinski definition) is 0. The van der Waals surface area contributed by atoms with E-state index < -0.39 is 0 Å². The molecule has 0 radical (unpaired) electrons. The summed E-state index contributed by atoms with van der Waals surface area (Å²) >= 11 is 0. The summed E-state index contributed by atoms with van der Waals surface area (Å²) in [5.74, 6) is 0.378. The number of fused-ring (bicyclic) bond motifs is 3. The zero-order valence-electron chi connectivity index (χ0n) is 11.0. The molecule has 2 bridgehead atoms. The van der Waals surface area contributed by atoms with Crippen molar-refractivity contribution in [1.29, 1.82) is 0 Å². The van der Waals surface area contributed by atoms with Crippen LogP contribution in [0, 0.1) is 10.8 Å². The zero-order chi connectivity index (χ0) is 12.1. The van der Waals surface area contributed by atoms with Gasteiger partial charge >= 0.3 is 0 Å². The molecule has 0 amide bonds. The SMILES string of the molecule is C[C@]12CC(=CC1=O)CC[C@]1(C)CCCC=C1C2. The predicted octanol–water partition coefficient (Wildman–Crippen LogP) is 4.19. The highest BCUT2D eigenvalue weighted by molar-refractivity contribution is 5.98. The number of allylic oxidation sites excluding steroid dienone is 4. The van der Waals surface area contributed by atoms with Crippen LogP contribution in [-0.2, 0) is 4.79 Å². The Morgan fingerprint density at radius 2 is 1.94 bits per heavy atom. The lowest BCUT2D eigenvalue weighted by Crippen LogP contribution is -2.31. The van der Waals surface area contributed by atoms with E-state index in [1.54, 1.807) is 5.57 Å². The van der Waals surface area contributed by atoms with Crippen LogP contribution >= 0.6 is 0 Å². The summed E-state index contributed by atoms with van der Waals surface area (Å²) in [7, 11) is 0. The second kappa shape index (κ2) is 3.57. The Labute approximate surface area is 104 Å². The molecule has 3 rings (SSSR count). The highest BCUT2D eigenvalue weighted by atomic mass is 16.1.